The van der Waals surface area contributed by atoms with Crippen molar-refractivity contribution in [2.45, 2.75) is 38.1 Å². The van der Waals surface area contributed by atoms with Crippen LogP contribution in [0, 0.1) is 0 Å². The van der Waals surface area contributed by atoms with Crippen molar-refractivity contribution < 1.29 is 14.3 Å². The summed E-state index contributed by atoms with van der Waals surface area (Å²) in [6.07, 6.45) is 3.48. The molecule has 1 fully saturated rings. The van der Waals surface area contributed by atoms with E-state index in [2.05, 4.69) is 29.6 Å². The number of ether oxygens (including phenoxy) is 2. The molecule has 1 heterocycles. The Kier molecular flexibility index (Phi) is 4.92. The zero-order valence-electron chi connectivity index (χ0n) is 15.7. The predicted octanol–water partition coefficient (Wildman–Crippen LogP) is 4.07. The van der Waals surface area contributed by atoms with Crippen molar-refractivity contribution >= 4 is 6.03 Å². The van der Waals surface area contributed by atoms with Crippen LogP contribution in [0.3, 0.4) is 0 Å². The van der Waals surface area contributed by atoms with Crippen molar-refractivity contribution in [3.05, 3.63) is 59.7 Å². The number of urea groups is 1. The van der Waals surface area contributed by atoms with Crippen LogP contribution < -0.4 is 14.8 Å². The third-order valence-electron chi connectivity index (χ3n) is 5.75. The van der Waals surface area contributed by atoms with Gasteiger partial charge in [-0.1, -0.05) is 42.8 Å². The van der Waals surface area contributed by atoms with E-state index in [0.29, 0.717) is 19.6 Å². The van der Waals surface area contributed by atoms with Gasteiger partial charge in [0.2, 0.25) is 6.79 Å². The van der Waals surface area contributed by atoms with E-state index >= 15 is 0 Å². The number of carbonyl (C=O) groups excluding carboxylic acids is 1. The van der Waals surface area contributed by atoms with Gasteiger partial charge in [0.15, 0.2) is 11.5 Å². The minimum Gasteiger partial charge on any atom is -0.454 e. The fourth-order valence-corrected chi connectivity index (χ4v) is 3.91. The fraction of sp³-hybridized carbons (Fsp3) is 0.409. The lowest BCUT2D eigenvalue weighted by atomic mass is 9.64. The molecule has 0 radical (unpaired) electrons. The summed E-state index contributed by atoms with van der Waals surface area (Å²) in [6, 6.07) is 16.4. The van der Waals surface area contributed by atoms with Crippen LogP contribution in [0.4, 0.5) is 4.79 Å². The highest BCUT2D eigenvalue weighted by Crippen LogP contribution is 2.43. The van der Waals surface area contributed by atoms with Crippen molar-refractivity contribution in [1.29, 1.82) is 0 Å². The molecule has 142 valence electrons. The van der Waals surface area contributed by atoms with Crippen LogP contribution >= 0.6 is 0 Å². The maximum Gasteiger partial charge on any atom is 0.317 e. The molecular weight excluding hydrogens is 340 g/mol. The fourth-order valence-electron chi connectivity index (χ4n) is 3.91. The summed E-state index contributed by atoms with van der Waals surface area (Å²) >= 11 is 0. The van der Waals surface area contributed by atoms with E-state index in [1.165, 1.54) is 12.0 Å². The minimum absolute atomic E-state index is 0.0163. The van der Waals surface area contributed by atoms with Gasteiger partial charge < -0.3 is 19.7 Å². The molecule has 0 saturated heterocycles. The van der Waals surface area contributed by atoms with Gasteiger partial charge in [-0.2, -0.15) is 0 Å². The molecule has 0 atom stereocenters. The zero-order chi connectivity index (χ0) is 18.7. The first-order valence-corrected chi connectivity index (χ1v) is 9.67. The summed E-state index contributed by atoms with van der Waals surface area (Å²) in [5.74, 6) is 1.52. The summed E-state index contributed by atoms with van der Waals surface area (Å²) < 4.78 is 10.8. The normalized spacial score (nSPS) is 16.5. The topological polar surface area (TPSA) is 50.8 Å². The second kappa shape index (κ2) is 7.51. The van der Waals surface area contributed by atoms with Crippen LogP contribution in [-0.2, 0) is 12.0 Å². The Morgan fingerprint density at radius 1 is 1.11 bits per heavy atom. The van der Waals surface area contributed by atoms with Gasteiger partial charge in [-0.05, 0) is 43.0 Å². The summed E-state index contributed by atoms with van der Waals surface area (Å²) in [7, 11) is 0. The molecule has 0 unspecified atom stereocenters. The molecule has 4 rings (SSSR count). The number of hydrogen-bond acceptors (Lipinski definition) is 3. The monoisotopic (exact) mass is 366 g/mol. The average Bonchev–Trinajstić information content (AvgIpc) is 3.13. The van der Waals surface area contributed by atoms with Gasteiger partial charge in [0.05, 0.1) is 0 Å². The highest BCUT2D eigenvalue weighted by atomic mass is 16.7. The maximum absolute atomic E-state index is 12.8. The number of benzene rings is 2. The quantitative estimate of drug-likeness (QED) is 0.838. The van der Waals surface area contributed by atoms with Crippen LogP contribution in [0.1, 0.15) is 37.3 Å². The number of hydrogen-bond donors (Lipinski definition) is 1. The first kappa shape index (κ1) is 17.7. The lowest BCUT2D eigenvalue weighted by Crippen LogP contribution is -2.49. The van der Waals surface area contributed by atoms with Crippen molar-refractivity contribution in [2.24, 2.45) is 0 Å². The van der Waals surface area contributed by atoms with Crippen LogP contribution in [0.25, 0.3) is 0 Å². The van der Waals surface area contributed by atoms with E-state index in [1.807, 2.05) is 36.1 Å². The molecule has 0 bridgehead atoms. The Morgan fingerprint density at radius 2 is 1.89 bits per heavy atom. The number of nitrogens with zero attached hydrogens (tertiary/aromatic N) is 1. The molecule has 1 saturated carbocycles. The average molecular weight is 366 g/mol. The molecule has 2 aromatic carbocycles. The summed E-state index contributed by atoms with van der Waals surface area (Å²) in [6.45, 7) is 4.16. The molecule has 1 N–H and O–H groups in total. The number of fused-ring (bicyclic) bond motifs is 1. The van der Waals surface area contributed by atoms with Gasteiger partial charge in [-0.3, -0.25) is 0 Å². The molecule has 0 spiro atoms. The van der Waals surface area contributed by atoms with Crippen molar-refractivity contribution in [3.63, 3.8) is 0 Å². The zero-order valence-corrected chi connectivity index (χ0v) is 15.7. The lowest BCUT2D eigenvalue weighted by Gasteiger charge is -2.43. The van der Waals surface area contributed by atoms with Crippen LogP contribution in [0.15, 0.2) is 48.5 Å². The molecular formula is C22H26N2O3. The Morgan fingerprint density at radius 3 is 2.59 bits per heavy atom. The van der Waals surface area contributed by atoms with Crippen molar-refractivity contribution in [3.8, 4) is 11.5 Å². The molecule has 27 heavy (non-hydrogen) atoms. The van der Waals surface area contributed by atoms with Gasteiger partial charge in [-0.15, -0.1) is 0 Å². The largest absolute Gasteiger partial charge is 0.454 e. The number of rotatable bonds is 6. The van der Waals surface area contributed by atoms with Crippen LogP contribution in [0.2, 0.25) is 0 Å². The first-order chi connectivity index (χ1) is 13.2. The molecule has 0 aromatic heterocycles. The van der Waals surface area contributed by atoms with Crippen molar-refractivity contribution in [1.82, 2.24) is 10.2 Å². The molecule has 2 aliphatic rings. The molecule has 2 amide bonds. The first-order valence-electron chi connectivity index (χ1n) is 9.67. The number of amides is 2. The molecule has 1 aliphatic heterocycles. The standard InChI is InChI=1S/C22H26N2O3/c1-2-24(14-17-9-10-19-20(13-17)27-16-26-19)21(25)23-15-22(11-6-12-22)18-7-4-3-5-8-18/h3-5,7-10,13H,2,6,11-12,14-16H2,1H3,(H,23,25). The van der Waals surface area contributed by atoms with Gasteiger partial charge in [0.25, 0.3) is 0 Å². The van der Waals surface area contributed by atoms with Gasteiger partial charge in [-0.25, -0.2) is 4.79 Å². The number of nitrogens with one attached hydrogen (secondary N) is 1. The second-order valence-corrected chi connectivity index (χ2v) is 7.36. The Labute approximate surface area is 160 Å². The lowest BCUT2D eigenvalue weighted by molar-refractivity contribution is 0.173. The summed E-state index contributed by atoms with van der Waals surface area (Å²) in [5.41, 5.74) is 2.46. The van der Waals surface area contributed by atoms with E-state index in [9.17, 15) is 4.79 Å². The van der Waals surface area contributed by atoms with E-state index < -0.39 is 0 Å². The third kappa shape index (κ3) is 3.59. The Balaban J connectivity index is 1.39. The van der Waals surface area contributed by atoms with E-state index in [4.69, 9.17) is 9.47 Å². The summed E-state index contributed by atoms with van der Waals surface area (Å²) in [5, 5.41) is 3.18. The Bertz CT molecular complexity index is 802. The Hall–Kier alpha value is -2.69. The molecule has 1 aliphatic carbocycles. The smallest absolute Gasteiger partial charge is 0.317 e. The van der Waals surface area contributed by atoms with E-state index in [-0.39, 0.29) is 18.2 Å². The van der Waals surface area contributed by atoms with Crippen LogP contribution in [-0.4, -0.2) is 30.8 Å². The minimum atomic E-state index is -0.0163. The number of carbonyl (C=O) groups is 1. The molecule has 2 aromatic rings. The highest BCUT2D eigenvalue weighted by molar-refractivity contribution is 5.74. The van der Waals surface area contributed by atoms with Crippen molar-refractivity contribution in [2.75, 3.05) is 19.9 Å². The predicted molar refractivity (Wildman–Crippen MR) is 104 cm³/mol. The van der Waals surface area contributed by atoms with Gasteiger partial charge in [0, 0.05) is 25.0 Å². The van der Waals surface area contributed by atoms with Crippen LogP contribution in [0.5, 0.6) is 11.5 Å². The second-order valence-electron chi connectivity index (χ2n) is 7.36. The molecule has 5 nitrogen and oxygen atoms in total. The maximum atomic E-state index is 12.8. The van der Waals surface area contributed by atoms with Gasteiger partial charge in [0.1, 0.15) is 0 Å². The van der Waals surface area contributed by atoms with Gasteiger partial charge >= 0.3 is 6.03 Å². The SMILES string of the molecule is CCN(Cc1ccc2c(c1)OCO2)C(=O)NCC1(c2ccccc2)CCC1. The highest BCUT2D eigenvalue weighted by Gasteiger charge is 2.38. The summed E-state index contributed by atoms with van der Waals surface area (Å²) in [4.78, 5) is 14.6. The van der Waals surface area contributed by atoms with E-state index in [1.54, 1.807) is 0 Å². The molecule has 5 heteroatoms. The van der Waals surface area contributed by atoms with E-state index in [0.717, 1.165) is 29.9 Å². The third-order valence-corrected chi connectivity index (χ3v) is 5.75.